The van der Waals surface area contributed by atoms with Gasteiger partial charge < -0.3 is 20.3 Å². The number of nitrogens with one attached hydrogen (secondary N) is 2. The van der Waals surface area contributed by atoms with Crippen LogP contribution in [0, 0.1) is 19.8 Å². The van der Waals surface area contributed by atoms with Crippen LogP contribution in [0.2, 0.25) is 0 Å². The van der Waals surface area contributed by atoms with Gasteiger partial charge in [0.2, 0.25) is 11.8 Å². The van der Waals surface area contributed by atoms with Crippen molar-refractivity contribution < 1.29 is 19.1 Å². The molecule has 7 nitrogen and oxygen atoms in total. The molecule has 0 saturated heterocycles. The van der Waals surface area contributed by atoms with Crippen LogP contribution in [0.5, 0.6) is 0 Å². The summed E-state index contributed by atoms with van der Waals surface area (Å²) in [7, 11) is 0. The molecule has 1 aliphatic carbocycles. The number of unbranched alkanes of at least 4 members (excludes halogenated alkanes) is 2. The molecule has 0 aromatic heterocycles. The van der Waals surface area contributed by atoms with E-state index in [2.05, 4.69) is 17.6 Å². The molecule has 208 valence electrons. The van der Waals surface area contributed by atoms with Crippen molar-refractivity contribution in [2.75, 3.05) is 6.54 Å². The number of hydrogen-bond donors (Lipinski definition) is 2. The van der Waals surface area contributed by atoms with Gasteiger partial charge in [0.1, 0.15) is 17.7 Å². The van der Waals surface area contributed by atoms with Gasteiger partial charge in [0.15, 0.2) is 0 Å². The normalized spacial score (nSPS) is 15.5. The van der Waals surface area contributed by atoms with Crippen LogP contribution in [-0.4, -0.2) is 47.0 Å². The summed E-state index contributed by atoms with van der Waals surface area (Å²) in [5.41, 5.74) is 2.17. The van der Waals surface area contributed by atoms with Crippen molar-refractivity contribution >= 4 is 17.9 Å². The Morgan fingerprint density at radius 1 is 1.11 bits per heavy atom. The van der Waals surface area contributed by atoms with Crippen LogP contribution in [0.3, 0.4) is 0 Å². The summed E-state index contributed by atoms with van der Waals surface area (Å²) in [6.45, 7) is 16.1. The van der Waals surface area contributed by atoms with Crippen molar-refractivity contribution in [2.45, 2.75) is 124 Å². The highest BCUT2D eigenvalue weighted by Crippen LogP contribution is 2.35. The summed E-state index contributed by atoms with van der Waals surface area (Å²) >= 11 is 0. The standard InChI is InChI=1S/C30H49N3O4/c1-9-10-11-17-31-27(34)26(24-19-21(4)15-16-22(24)5)33(23-13-12-14-23)28(35)25(18-20(2)3)32-29(36)37-30(6,7)8/h15-16,19-20,23,25-26H,9-14,17-18H2,1-8H3,(H,31,34)(H,32,36). The van der Waals surface area contributed by atoms with E-state index in [0.29, 0.717) is 13.0 Å². The van der Waals surface area contributed by atoms with Crippen LogP contribution >= 0.6 is 0 Å². The molecule has 1 aliphatic rings. The molecule has 0 radical (unpaired) electrons. The van der Waals surface area contributed by atoms with E-state index < -0.39 is 23.8 Å². The monoisotopic (exact) mass is 515 g/mol. The minimum Gasteiger partial charge on any atom is -0.444 e. The first-order valence-electron chi connectivity index (χ1n) is 14.0. The van der Waals surface area contributed by atoms with Crippen molar-refractivity contribution in [3.8, 4) is 0 Å². The average molecular weight is 516 g/mol. The van der Waals surface area contributed by atoms with Crippen molar-refractivity contribution in [1.29, 1.82) is 0 Å². The lowest BCUT2D eigenvalue weighted by molar-refractivity contribution is -0.147. The number of benzene rings is 1. The number of nitrogens with zero attached hydrogens (tertiary/aromatic N) is 1. The molecular formula is C30H49N3O4. The zero-order valence-electron chi connectivity index (χ0n) is 24.3. The van der Waals surface area contributed by atoms with Gasteiger partial charge in [-0.05, 0) is 83.8 Å². The number of carbonyl (C=O) groups excluding carboxylic acids is 3. The highest BCUT2D eigenvalue weighted by molar-refractivity contribution is 5.92. The largest absolute Gasteiger partial charge is 0.444 e. The molecule has 0 heterocycles. The smallest absolute Gasteiger partial charge is 0.408 e. The third-order valence-electron chi connectivity index (χ3n) is 6.75. The molecule has 0 aliphatic heterocycles. The predicted octanol–water partition coefficient (Wildman–Crippen LogP) is 5.97. The second kappa shape index (κ2) is 13.8. The van der Waals surface area contributed by atoms with Crippen molar-refractivity contribution in [1.82, 2.24) is 15.5 Å². The van der Waals surface area contributed by atoms with Crippen molar-refractivity contribution in [2.24, 2.45) is 5.92 Å². The topological polar surface area (TPSA) is 87.7 Å². The fourth-order valence-corrected chi connectivity index (χ4v) is 4.66. The van der Waals surface area contributed by atoms with Gasteiger partial charge in [0, 0.05) is 12.6 Å². The van der Waals surface area contributed by atoms with Gasteiger partial charge in [-0.15, -0.1) is 0 Å². The Labute approximate surface area is 224 Å². The molecule has 37 heavy (non-hydrogen) atoms. The number of amides is 3. The molecule has 0 spiro atoms. The number of rotatable bonds is 12. The molecule has 1 fully saturated rings. The van der Waals surface area contributed by atoms with Crippen molar-refractivity contribution in [3.63, 3.8) is 0 Å². The van der Waals surface area contributed by atoms with Gasteiger partial charge in [0.25, 0.3) is 0 Å². The maximum atomic E-state index is 14.3. The Balaban J connectivity index is 2.48. The fraction of sp³-hybridized carbons (Fsp3) is 0.700. The maximum absolute atomic E-state index is 14.3. The van der Waals surface area contributed by atoms with Gasteiger partial charge in [-0.3, -0.25) is 9.59 Å². The number of aryl methyl sites for hydroxylation is 2. The summed E-state index contributed by atoms with van der Waals surface area (Å²) < 4.78 is 5.48. The van der Waals surface area contributed by atoms with E-state index >= 15 is 0 Å². The zero-order chi connectivity index (χ0) is 27.8. The van der Waals surface area contributed by atoms with E-state index in [0.717, 1.165) is 55.2 Å². The maximum Gasteiger partial charge on any atom is 0.408 e. The quantitative estimate of drug-likeness (QED) is 0.336. The minimum atomic E-state index is -0.782. The zero-order valence-corrected chi connectivity index (χ0v) is 24.3. The van der Waals surface area contributed by atoms with Crippen LogP contribution in [0.25, 0.3) is 0 Å². The van der Waals surface area contributed by atoms with E-state index in [1.54, 1.807) is 25.7 Å². The molecule has 1 aromatic rings. The van der Waals surface area contributed by atoms with Crippen LogP contribution in [0.4, 0.5) is 4.79 Å². The third kappa shape index (κ3) is 9.35. The Kier molecular flexibility index (Phi) is 11.5. The number of ether oxygens (including phenoxy) is 1. The Morgan fingerprint density at radius 3 is 2.32 bits per heavy atom. The van der Waals surface area contributed by atoms with E-state index in [1.165, 1.54) is 0 Å². The summed E-state index contributed by atoms with van der Waals surface area (Å²) in [5.74, 6) is -0.223. The molecule has 0 bridgehead atoms. The van der Waals surface area contributed by atoms with Gasteiger partial charge in [-0.2, -0.15) is 0 Å². The lowest BCUT2D eigenvalue weighted by Crippen LogP contribution is -2.57. The van der Waals surface area contributed by atoms with E-state index in [4.69, 9.17) is 4.74 Å². The molecule has 2 unspecified atom stereocenters. The molecule has 2 atom stereocenters. The second-order valence-corrected chi connectivity index (χ2v) is 11.9. The van der Waals surface area contributed by atoms with Crippen LogP contribution in [-0.2, 0) is 14.3 Å². The van der Waals surface area contributed by atoms with Crippen molar-refractivity contribution in [3.05, 3.63) is 34.9 Å². The molecule has 1 aromatic carbocycles. The van der Waals surface area contributed by atoms with Gasteiger partial charge in [-0.1, -0.05) is 57.4 Å². The molecule has 2 N–H and O–H groups in total. The van der Waals surface area contributed by atoms with Gasteiger partial charge in [0.05, 0.1) is 0 Å². The third-order valence-corrected chi connectivity index (χ3v) is 6.75. The van der Waals surface area contributed by atoms with Crippen LogP contribution < -0.4 is 10.6 Å². The minimum absolute atomic E-state index is 0.0473. The molecular weight excluding hydrogens is 466 g/mol. The average Bonchev–Trinajstić information content (AvgIpc) is 2.74. The highest BCUT2D eigenvalue weighted by atomic mass is 16.6. The first-order valence-corrected chi connectivity index (χ1v) is 14.0. The second-order valence-electron chi connectivity index (χ2n) is 11.9. The number of hydrogen-bond acceptors (Lipinski definition) is 4. The first kappa shape index (κ1) is 30.7. The lowest BCUT2D eigenvalue weighted by atomic mass is 9.86. The van der Waals surface area contributed by atoms with Crippen LogP contribution in [0.1, 0.15) is 109 Å². The first-order chi connectivity index (χ1) is 17.3. The van der Waals surface area contributed by atoms with Gasteiger partial charge >= 0.3 is 6.09 Å². The summed E-state index contributed by atoms with van der Waals surface area (Å²) in [4.78, 5) is 42.6. The Morgan fingerprint density at radius 2 is 1.78 bits per heavy atom. The Hall–Kier alpha value is -2.57. The summed E-state index contributed by atoms with van der Waals surface area (Å²) in [6.07, 6.45) is 5.54. The summed E-state index contributed by atoms with van der Waals surface area (Å²) in [5, 5.41) is 5.94. The van der Waals surface area contributed by atoms with E-state index in [1.807, 2.05) is 45.9 Å². The lowest BCUT2D eigenvalue weighted by Gasteiger charge is -2.44. The van der Waals surface area contributed by atoms with Crippen LogP contribution in [0.15, 0.2) is 18.2 Å². The molecule has 3 amide bonds. The molecule has 1 saturated carbocycles. The summed E-state index contributed by atoms with van der Waals surface area (Å²) in [6, 6.07) is 4.47. The van der Waals surface area contributed by atoms with Gasteiger partial charge in [-0.25, -0.2) is 4.79 Å². The highest BCUT2D eigenvalue weighted by Gasteiger charge is 2.42. The Bertz CT molecular complexity index is 918. The number of carbonyl (C=O) groups is 3. The van der Waals surface area contributed by atoms with E-state index in [9.17, 15) is 14.4 Å². The molecule has 7 heteroatoms. The SMILES string of the molecule is CCCCCNC(=O)C(c1cc(C)ccc1C)N(C(=O)C(CC(C)C)NC(=O)OC(C)(C)C)C1CCC1. The van der Waals surface area contributed by atoms with E-state index in [-0.39, 0.29) is 23.8 Å². The predicted molar refractivity (Wildman–Crippen MR) is 148 cm³/mol. The molecule has 2 rings (SSSR count). The fourth-order valence-electron chi connectivity index (χ4n) is 4.66. The number of alkyl carbamates (subject to hydrolysis) is 1.